The predicted octanol–water partition coefficient (Wildman–Crippen LogP) is 6.05. The van der Waals surface area contributed by atoms with E-state index in [0.29, 0.717) is 0 Å². The molecule has 4 fully saturated rings. The van der Waals surface area contributed by atoms with Crippen molar-refractivity contribution in [2.45, 2.75) is 72.7 Å². The molecule has 0 atom stereocenters. The zero-order valence-corrected chi connectivity index (χ0v) is 18.3. The van der Waals surface area contributed by atoms with E-state index in [4.69, 9.17) is 0 Å². The van der Waals surface area contributed by atoms with Gasteiger partial charge in [-0.05, 0) is 0 Å². The van der Waals surface area contributed by atoms with E-state index in [9.17, 15) is 0 Å². The van der Waals surface area contributed by atoms with Gasteiger partial charge in [0, 0.05) is 0 Å². The van der Waals surface area contributed by atoms with Crippen molar-refractivity contribution in [2.24, 2.45) is 11.8 Å². The summed E-state index contributed by atoms with van der Waals surface area (Å²) in [5, 5.41) is 0. The van der Waals surface area contributed by atoms with Crippen LogP contribution < -0.4 is 0 Å². The van der Waals surface area contributed by atoms with Crippen LogP contribution in [-0.4, -0.2) is 19.8 Å². The molecule has 0 aromatic heterocycles. The van der Waals surface area contributed by atoms with Gasteiger partial charge in [0.05, 0.1) is 0 Å². The summed E-state index contributed by atoms with van der Waals surface area (Å²) in [6.45, 7) is 0. The van der Waals surface area contributed by atoms with E-state index in [1.165, 1.54) is 0 Å². The molecule has 0 N–H and O–H groups in total. The molecule has 0 aromatic rings. The Hall–Kier alpha value is 2.00. The summed E-state index contributed by atoms with van der Waals surface area (Å²) in [5.41, 5.74) is 0. The molecule has 0 aliphatic heterocycles. The normalized spacial score (nSPS) is 48.3. The predicted molar refractivity (Wildman–Crippen MR) is 102 cm³/mol. The first-order valence-electron chi connectivity index (χ1n) is 8.31. The molecule has 3 heteroatoms. The maximum absolute atomic E-state index is 2.86. The van der Waals surface area contributed by atoms with Crippen LogP contribution in [0.1, 0.15) is 64.2 Å². The summed E-state index contributed by atoms with van der Waals surface area (Å²) >= 11 is 3.97. The van der Waals surface area contributed by atoms with Gasteiger partial charge >= 0.3 is 150 Å². The van der Waals surface area contributed by atoms with Crippen LogP contribution in [0.4, 0.5) is 0 Å². The molecule has 0 spiro atoms. The van der Waals surface area contributed by atoms with Gasteiger partial charge in [-0.15, -0.1) is 0 Å². The van der Waals surface area contributed by atoms with E-state index < -0.39 is 13.3 Å². The Morgan fingerprint density at radius 2 is 1.11 bits per heavy atom. The molecule has 19 heavy (non-hydrogen) atoms. The fourth-order valence-electron chi connectivity index (χ4n) is 6.90. The van der Waals surface area contributed by atoms with Gasteiger partial charge in [-0.2, -0.15) is 0 Å². The van der Waals surface area contributed by atoms with Crippen LogP contribution in [0.25, 0.3) is 0 Å². The summed E-state index contributed by atoms with van der Waals surface area (Å²) in [6, 6.07) is 0. The third kappa shape index (κ3) is 1.80. The number of hydrogen-bond donors (Lipinski definition) is 0. The Bertz CT molecular complexity index is 329. The summed E-state index contributed by atoms with van der Waals surface area (Å²) < 4.78 is 5.15. The second kappa shape index (κ2) is 5.00. The molecule has 4 aliphatic rings. The number of rotatable bonds is 4. The Morgan fingerprint density at radius 3 is 1.32 bits per heavy atom. The number of alkyl halides is 2. The molecular formula is C16H26GeI2. The van der Waals surface area contributed by atoms with Crippen molar-refractivity contribution in [1.29, 1.82) is 0 Å². The van der Waals surface area contributed by atoms with Crippen molar-refractivity contribution < 1.29 is 0 Å². The second-order valence-electron chi connectivity index (χ2n) is 8.21. The SMILES string of the molecule is I[CH2][Ge]([CH2]I)([C]12CCC(CC1)C2)[C]12CCC(CC1)C2. The summed E-state index contributed by atoms with van der Waals surface area (Å²) in [5.74, 6) is 2.32. The molecule has 0 aromatic carbocycles. The van der Waals surface area contributed by atoms with Crippen LogP contribution in [0, 0.1) is 11.8 Å². The van der Waals surface area contributed by atoms with E-state index in [0.717, 1.165) is 20.3 Å². The van der Waals surface area contributed by atoms with Crippen LogP contribution in [0.5, 0.6) is 0 Å². The summed E-state index contributed by atoms with van der Waals surface area (Å²) in [7, 11) is 0. The number of halogens is 2. The van der Waals surface area contributed by atoms with Crippen molar-refractivity contribution >= 4 is 58.4 Å². The fourth-order valence-corrected chi connectivity index (χ4v) is 44.8. The molecule has 4 rings (SSSR count). The molecule has 0 nitrogen and oxygen atoms in total. The van der Waals surface area contributed by atoms with Gasteiger partial charge in [-0.25, -0.2) is 0 Å². The van der Waals surface area contributed by atoms with Crippen molar-refractivity contribution in [1.82, 2.24) is 0 Å². The first-order chi connectivity index (χ1) is 9.19. The average Bonchev–Trinajstić information content (AvgIpc) is 3.21. The average molecular weight is 545 g/mol. The van der Waals surface area contributed by atoms with Crippen LogP contribution in [0.15, 0.2) is 0 Å². The minimum atomic E-state index is -1.76. The molecule has 0 heterocycles. The van der Waals surface area contributed by atoms with Crippen molar-refractivity contribution in [3.63, 3.8) is 0 Å². The zero-order valence-electron chi connectivity index (χ0n) is 11.9. The van der Waals surface area contributed by atoms with Gasteiger partial charge < -0.3 is 0 Å². The van der Waals surface area contributed by atoms with E-state index in [2.05, 4.69) is 45.2 Å². The van der Waals surface area contributed by atoms with E-state index >= 15 is 0 Å². The Kier molecular flexibility index (Phi) is 3.84. The van der Waals surface area contributed by atoms with Crippen LogP contribution in [0.2, 0.25) is 8.49 Å². The monoisotopic (exact) mass is 546 g/mol. The topological polar surface area (TPSA) is 0 Å². The molecule has 0 radical (unpaired) electrons. The standard InChI is InChI=1S/C16H26GeI2/c18-11-17(12-19,15-5-1-13(9-15)2-6-15)16-7-3-14(10-16)4-8-16/h13-14H,1-12H2. The quantitative estimate of drug-likeness (QED) is 0.230. The van der Waals surface area contributed by atoms with Gasteiger partial charge in [0.2, 0.25) is 0 Å². The molecule has 4 aliphatic carbocycles. The summed E-state index contributed by atoms with van der Waals surface area (Å²) in [4.78, 5) is 0. The van der Waals surface area contributed by atoms with Crippen molar-refractivity contribution in [2.75, 3.05) is 6.52 Å². The van der Waals surface area contributed by atoms with E-state index in [1.807, 2.05) is 0 Å². The fraction of sp³-hybridized carbons (Fsp3) is 1.00. The van der Waals surface area contributed by atoms with Gasteiger partial charge in [0.1, 0.15) is 0 Å². The van der Waals surface area contributed by atoms with Gasteiger partial charge in [0.25, 0.3) is 0 Å². The van der Waals surface area contributed by atoms with Gasteiger partial charge in [-0.1, -0.05) is 0 Å². The first-order valence-corrected chi connectivity index (χ1v) is 16.4. The van der Waals surface area contributed by atoms with Crippen molar-refractivity contribution in [3.8, 4) is 0 Å². The molecular weight excluding hydrogens is 519 g/mol. The maximum atomic E-state index is 2.86. The first kappa shape index (κ1) is 14.6. The molecule has 0 amide bonds. The molecule has 4 bridgehead atoms. The Balaban J connectivity index is 1.78. The Morgan fingerprint density at radius 1 is 0.737 bits per heavy atom. The number of fused-ring (bicyclic) bond motifs is 4. The van der Waals surface area contributed by atoms with Crippen molar-refractivity contribution in [3.05, 3.63) is 0 Å². The van der Waals surface area contributed by atoms with E-state index in [1.54, 1.807) is 70.7 Å². The van der Waals surface area contributed by atoms with Crippen LogP contribution in [-0.2, 0) is 0 Å². The third-order valence-corrected chi connectivity index (χ3v) is 34.9. The van der Waals surface area contributed by atoms with Crippen LogP contribution >= 0.6 is 45.2 Å². The third-order valence-electron chi connectivity index (χ3n) is 7.97. The van der Waals surface area contributed by atoms with E-state index in [-0.39, 0.29) is 0 Å². The molecule has 0 saturated heterocycles. The summed E-state index contributed by atoms with van der Waals surface area (Å²) in [6.07, 6.45) is 16.5. The zero-order chi connectivity index (χ0) is 13.1. The minimum absolute atomic E-state index is 0.951. The molecule has 108 valence electrons. The van der Waals surface area contributed by atoms with Crippen LogP contribution in [0.3, 0.4) is 0 Å². The number of hydrogen-bond acceptors (Lipinski definition) is 0. The van der Waals surface area contributed by atoms with Gasteiger partial charge in [0.15, 0.2) is 0 Å². The molecule has 0 unspecified atom stereocenters. The van der Waals surface area contributed by atoms with Gasteiger partial charge in [-0.3, -0.25) is 0 Å². The molecule has 4 saturated carbocycles. The Labute approximate surface area is 148 Å². The second-order valence-corrected chi connectivity index (χ2v) is 26.2.